The maximum Gasteiger partial charge on any atom is 0.271 e. The molecule has 0 aliphatic rings. The summed E-state index contributed by atoms with van der Waals surface area (Å²) in [5.74, 6) is -0.508. The minimum absolute atomic E-state index is 0.0823. The van der Waals surface area contributed by atoms with E-state index in [0.29, 0.717) is 29.2 Å². The molecule has 0 bridgehead atoms. The van der Waals surface area contributed by atoms with Gasteiger partial charge in [-0.15, -0.1) is 0 Å². The zero-order valence-electron chi connectivity index (χ0n) is 14.1. The summed E-state index contributed by atoms with van der Waals surface area (Å²) in [5, 5.41) is 16.7. The van der Waals surface area contributed by atoms with Gasteiger partial charge in [-0.25, -0.2) is 0 Å². The number of carbonyl (C=O) groups is 2. The number of nitro groups is 1. The maximum atomic E-state index is 12.0. The van der Waals surface area contributed by atoms with Gasteiger partial charge in [0.2, 0.25) is 5.91 Å². The minimum atomic E-state index is -0.513. The summed E-state index contributed by atoms with van der Waals surface area (Å²) in [5.41, 5.74) is 1.56. The first kappa shape index (κ1) is 19.4. The Bertz CT molecular complexity index is 822. The summed E-state index contributed by atoms with van der Waals surface area (Å²) >= 11 is 5.77. The van der Waals surface area contributed by atoms with Gasteiger partial charge in [-0.2, -0.15) is 0 Å². The van der Waals surface area contributed by atoms with E-state index < -0.39 is 4.92 Å². The molecule has 0 fully saturated rings. The summed E-state index contributed by atoms with van der Waals surface area (Å²) in [7, 11) is 0. The number of anilines is 1. The number of nitro benzene ring substituents is 1. The Balaban J connectivity index is 1.79. The molecule has 2 aromatic carbocycles. The third kappa shape index (κ3) is 5.56. The van der Waals surface area contributed by atoms with Crippen molar-refractivity contribution in [1.29, 1.82) is 0 Å². The molecular formula is C18H18ClN3O4. The first-order chi connectivity index (χ1) is 12.4. The van der Waals surface area contributed by atoms with Crippen LogP contribution in [0.5, 0.6) is 0 Å². The van der Waals surface area contributed by atoms with Crippen molar-refractivity contribution in [1.82, 2.24) is 5.32 Å². The molecule has 2 rings (SSSR count). The number of amides is 2. The Labute approximate surface area is 155 Å². The normalized spacial score (nSPS) is 10.2. The molecule has 136 valence electrons. The highest BCUT2D eigenvalue weighted by Gasteiger charge is 2.11. The molecule has 0 aromatic heterocycles. The van der Waals surface area contributed by atoms with Crippen LogP contribution in [0.1, 0.15) is 28.8 Å². The molecule has 26 heavy (non-hydrogen) atoms. The van der Waals surface area contributed by atoms with E-state index in [2.05, 4.69) is 10.6 Å². The van der Waals surface area contributed by atoms with Gasteiger partial charge in [-0.3, -0.25) is 19.7 Å². The smallest absolute Gasteiger partial charge is 0.271 e. The van der Waals surface area contributed by atoms with Gasteiger partial charge in [0, 0.05) is 35.7 Å². The minimum Gasteiger partial charge on any atom is -0.352 e. The highest BCUT2D eigenvalue weighted by atomic mass is 35.5. The Morgan fingerprint density at radius 2 is 1.85 bits per heavy atom. The van der Waals surface area contributed by atoms with E-state index in [1.54, 1.807) is 37.3 Å². The highest BCUT2D eigenvalue weighted by molar-refractivity contribution is 6.30. The van der Waals surface area contributed by atoms with Crippen LogP contribution in [0.4, 0.5) is 11.4 Å². The Kier molecular flexibility index (Phi) is 6.68. The van der Waals surface area contributed by atoms with Crippen molar-refractivity contribution >= 4 is 34.8 Å². The lowest BCUT2D eigenvalue weighted by atomic mass is 10.1. The van der Waals surface area contributed by atoms with E-state index in [1.165, 1.54) is 12.1 Å². The van der Waals surface area contributed by atoms with Crippen LogP contribution in [0.25, 0.3) is 0 Å². The average molecular weight is 376 g/mol. The number of nitrogens with one attached hydrogen (secondary N) is 2. The van der Waals surface area contributed by atoms with Crippen molar-refractivity contribution in [3.8, 4) is 0 Å². The second-order valence-electron chi connectivity index (χ2n) is 5.67. The van der Waals surface area contributed by atoms with Crippen LogP contribution in [-0.2, 0) is 4.79 Å². The van der Waals surface area contributed by atoms with E-state index in [-0.39, 0.29) is 23.9 Å². The van der Waals surface area contributed by atoms with Gasteiger partial charge in [0.15, 0.2) is 0 Å². The average Bonchev–Trinajstić information content (AvgIpc) is 2.61. The molecular weight excluding hydrogens is 358 g/mol. The fraction of sp³-hybridized carbons (Fsp3) is 0.222. The first-order valence-electron chi connectivity index (χ1n) is 7.95. The topological polar surface area (TPSA) is 101 Å². The summed E-state index contributed by atoms with van der Waals surface area (Å²) in [6.07, 6.45) is 0.627. The van der Waals surface area contributed by atoms with Crippen LogP contribution in [0.2, 0.25) is 5.02 Å². The molecule has 0 radical (unpaired) electrons. The van der Waals surface area contributed by atoms with Crippen molar-refractivity contribution in [2.75, 3.05) is 11.9 Å². The van der Waals surface area contributed by atoms with Crippen LogP contribution in [-0.4, -0.2) is 23.3 Å². The molecule has 0 saturated heterocycles. The molecule has 7 nitrogen and oxygen atoms in total. The van der Waals surface area contributed by atoms with Crippen molar-refractivity contribution in [3.05, 3.63) is 68.7 Å². The summed E-state index contributed by atoms with van der Waals surface area (Å²) in [4.78, 5) is 34.2. The summed E-state index contributed by atoms with van der Waals surface area (Å²) < 4.78 is 0. The fourth-order valence-corrected chi connectivity index (χ4v) is 2.35. The van der Waals surface area contributed by atoms with Crippen LogP contribution in [0, 0.1) is 17.0 Å². The molecule has 0 aliphatic carbocycles. The molecule has 0 spiro atoms. The van der Waals surface area contributed by atoms with Gasteiger partial charge in [-0.05, 0) is 43.2 Å². The van der Waals surface area contributed by atoms with Crippen LogP contribution >= 0.6 is 11.6 Å². The van der Waals surface area contributed by atoms with Gasteiger partial charge < -0.3 is 10.6 Å². The van der Waals surface area contributed by atoms with E-state index in [0.717, 1.165) is 5.56 Å². The Morgan fingerprint density at radius 3 is 2.50 bits per heavy atom. The Hall–Kier alpha value is -2.93. The summed E-state index contributed by atoms with van der Waals surface area (Å²) in [6.45, 7) is 2.09. The lowest BCUT2D eigenvalue weighted by Crippen LogP contribution is -2.25. The molecule has 2 amide bonds. The highest BCUT2D eigenvalue weighted by Crippen LogP contribution is 2.22. The Morgan fingerprint density at radius 1 is 1.15 bits per heavy atom. The van der Waals surface area contributed by atoms with E-state index in [9.17, 15) is 19.7 Å². The fourth-order valence-electron chi connectivity index (χ4n) is 2.23. The second-order valence-corrected chi connectivity index (χ2v) is 6.11. The number of hydrogen-bond acceptors (Lipinski definition) is 4. The third-order valence-electron chi connectivity index (χ3n) is 3.68. The number of halogens is 1. The molecule has 0 saturated carbocycles. The quantitative estimate of drug-likeness (QED) is 0.437. The van der Waals surface area contributed by atoms with Crippen molar-refractivity contribution in [2.24, 2.45) is 0 Å². The van der Waals surface area contributed by atoms with Crippen LogP contribution in [0.3, 0.4) is 0 Å². The van der Waals surface area contributed by atoms with E-state index in [1.807, 2.05) is 0 Å². The SMILES string of the molecule is Cc1ccc([N+](=O)[O-])cc1NC(=O)CCCNC(=O)c1ccc(Cl)cc1. The largest absolute Gasteiger partial charge is 0.352 e. The van der Waals surface area contributed by atoms with Gasteiger partial charge >= 0.3 is 0 Å². The molecule has 2 N–H and O–H groups in total. The number of non-ortho nitro benzene ring substituents is 1. The van der Waals surface area contributed by atoms with Crippen molar-refractivity contribution in [2.45, 2.75) is 19.8 Å². The predicted molar refractivity (Wildman–Crippen MR) is 99.5 cm³/mol. The molecule has 0 atom stereocenters. The lowest BCUT2D eigenvalue weighted by molar-refractivity contribution is -0.384. The number of rotatable bonds is 7. The van der Waals surface area contributed by atoms with Crippen LogP contribution < -0.4 is 10.6 Å². The monoisotopic (exact) mass is 375 g/mol. The summed E-state index contributed by atoms with van der Waals surface area (Å²) in [6, 6.07) is 10.8. The lowest BCUT2D eigenvalue weighted by Gasteiger charge is -2.09. The van der Waals surface area contributed by atoms with Crippen molar-refractivity contribution in [3.63, 3.8) is 0 Å². The number of aryl methyl sites for hydroxylation is 1. The molecule has 8 heteroatoms. The van der Waals surface area contributed by atoms with Crippen LogP contribution in [0.15, 0.2) is 42.5 Å². The molecule has 2 aromatic rings. The van der Waals surface area contributed by atoms with Gasteiger partial charge in [0.05, 0.1) is 10.6 Å². The zero-order valence-corrected chi connectivity index (χ0v) is 14.9. The van der Waals surface area contributed by atoms with E-state index in [4.69, 9.17) is 11.6 Å². The van der Waals surface area contributed by atoms with Gasteiger partial charge in [-0.1, -0.05) is 17.7 Å². The van der Waals surface area contributed by atoms with Crippen molar-refractivity contribution < 1.29 is 14.5 Å². The van der Waals surface area contributed by atoms with Gasteiger partial charge in [0.1, 0.15) is 0 Å². The number of benzene rings is 2. The molecule has 0 aliphatic heterocycles. The maximum absolute atomic E-state index is 12.0. The molecule has 0 heterocycles. The number of carbonyl (C=O) groups excluding carboxylic acids is 2. The number of hydrogen-bond donors (Lipinski definition) is 2. The predicted octanol–water partition coefficient (Wildman–Crippen LogP) is 3.71. The third-order valence-corrected chi connectivity index (χ3v) is 3.93. The number of nitrogens with zero attached hydrogens (tertiary/aromatic N) is 1. The standard InChI is InChI=1S/C18H18ClN3O4/c1-12-4-9-15(22(25)26)11-16(12)21-17(23)3-2-10-20-18(24)13-5-7-14(19)8-6-13/h4-9,11H,2-3,10H2,1H3,(H,20,24)(H,21,23). The second kappa shape index (κ2) is 8.96. The first-order valence-corrected chi connectivity index (χ1v) is 8.33. The van der Waals surface area contributed by atoms with Gasteiger partial charge in [0.25, 0.3) is 11.6 Å². The van der Waals surface area contributed by atoms with E-state index >= 15 is 0 Å². The zero-order chi connectivity index (χ0) is 19.1. The molecule has 0 unspecified atom stereocenters.